The fraction of sp³-hybridized carbons (Fsp3) is 0.556. The third-order valence-electron chi connectivity index (χ3n) is 3.30. The first-order chi connectivity index (χ1) is 12.1. The van der Waals surface area contributed by atoms with Crippen LogP contribution in [0, 0.1) is 0 Å². The Morgan fingerprint density at radius 1 is 0.769 bits per heavy atom. The minimum absolute atomic E-state index is 0.0763. The van der Waals surface area contributed by atoms with E-state index in [0.29, 0.717) is 11.1 Å². The number of amides is 2. The normalized spacial score (nSPS) is 12.3. The topological polar surface area (TPSA) is 111 Å². The van der Waals surface area contributed by atoms with Gasteiger partial charge >= 0.3 is 11.9 Å². The zero-order valence-corrected chi connectivity index (χ0v) is 15.8. The van der Waals surface area contributed by atoms with Gasteiger partial charge in [0.1, 0.15) is 12.1 Å². The van der Waals surface area contributed by atoms with Crippen molar-refractivity contribution in [2.24, 2.45) is 0 Å². The Kier molecular flexibility index (Phi) is 10.6. The number of carbonyl (C=O) groups is 4. The van der Waals surface area contributed by atoms with E-state index in [1.54, 1.807) is 13.8 Å². The SMILES string of the molecule is C=C(C[C@H](NC(C)=O)C(=O)OCC)C(=C)C[C@@H](NC(C)=O)C(=O)OCC. The van der Waals surface area contributed by atoms with E-state index in [2.05, 4.69) is 23.8 Å². The van der Waals surface area contributed by atoms with Crippen LogP contribution in [0.4, 0.5) is 0 Å². The summed E-state index contributed by atoms with van der Waals surface area (Å²) in [6, 6.07) is -1.81. The molecule has 0 saturated carbocycles. The van der Waals surface area contributed by atoms with Crippen molar-refractivity contribution >= 4 is 23.8 Å². The summed E-state index contributed by atoms with van der Waals surface area (Å²) < 4.78 is 9.87. The summed E-state index contributed by atoms with van der Waals surface area (Å²) in [4.78, 5) is 46.5. The Morgan fingerprint density at radius 2 is 1.08 bits per heavy atom. The third-order valence-corrected chi connectivity index (χ3v) is 3.30. The lowest BCUT2D eigenvalue weighted by Crippen LogP contribution is -2.42. The number of rotatable bonds is 11. The van der Waals surface area contributed by atoms with Gasteiger partial charge in [0.2, 0.25) is 11.8 Å². The molecule has 0 aliphatic rings. The van der Waals surface area contributed by atoms with Crippen molar-refractivity contribution in [3.8, 4) is 0 Å². The van der Waals surface area contributed by atoms with E-state index >= 15 is 0 Å². The van der Waals surface area contributed by atoms with Crippen molar-refractivity contribution in [3.05, 3.63) is 24.3 Å². The van der Waals surface area contributed by atoms with Gasteiger partial charge in [-0.05, 0) is 25.0 Å². The van der Waals surface area contributed by atoms with Gasteiger partial charge in [0.15, 0.2) is 0 Å². The molecule has 0 aliphatic heterocycles. The number of carbonyl (C=O) groups excluding carboxylic acids is 4. The second-order valence-corrected chi connectivity index (χ2v) is 5.63. The number of nitrogens with one attached hydrogen (secondary N) is 2. The molecular formula is C18H28N2O6. The molecular weight excluding hydrogens is 340 g/mol. The summed E-state index contributed by atoms with van der Waals surface area (Å²) in [6.45, 7) is 14.0. The lowest BCUT2D eigenvalue weighted by Gasteiger charge is -2.21. The van der Waals surface area contributed by atoms with Crippen LogP contribution in [-0.2, 0) is 28.7 Å². The standard InChI is InChI=1S/C18H28N2O6/c1-7-25-17(23)15(19-13(5)21)9-11(3)12(4)10-16(20-14(6)22)18(24)26-8-2/h15-16H,3-4,7-10H2,1-2,5-6H3,(H,19,21)(H,20,22)/t15-,16+. The molecule has 2 N–H and O–H groups in total. The van der Waals surface area contributed by atoms with E-state index in [0.717, 1.165) is 0 Å². The molecule has 26 heavy (non-hydrogen) atoms. The number of ether oxygens (including phenoxy) is 2. The number of hydrogen-bond acceptors (Lipinski definition) is 6. The lowest BCUT2D eigenvalue weighted by atomic mass is 9.95. The molecule has 0 rings (SSSR count). The van der Waals surface area contributed by atoms with E-state index < -0.39 is 24.0 Å². The minimum atomic E-state index is -0.904. The second-order valence-electron chi connectivity index (χ2n) is 5.63. The Balaban J connectivity index is 5.04. The van der Waals surface area contributed by atoms with Gasteiger partial charge in [-0.25, -0.2) is 9.59 Å². The second kappa shape index (κ2) is 11.8. The van der Waals surface area contributed by atoms with E-state index in [1.165, 1.54) is 13.8 Å². The predicted octanol–water partition coefficient (Wildman–Crippen LogP) is 1.01. The zero-order valence-electron chi connectivity index (χ0n) is 15.8. The van der Waals surface area contributed by atoms with Gasteiger partial charge in [-0.2, -0.15) is 0 Å². The number of esters is 2. The molecule has 0 fully saturated rings. The van der Waals surface area contributed by atoms with Crippen LogP contribution in [0.3, 0.4) is 0 Å². The monoisotopic (exact) mass is 368 g/mol. The van der Waals surface area contributed by atoms with Crippen molar-refractivity contribution in [2.75, 3.05) is 13.2 Å². The number of hydrogen-bond donors (Lipinski definition) is 2. The van der Waals surface area contributed by atoms with Crippen LogP contribution in [-0.4, -0.2) is 49.1 Å². The maximum atomic E-state index is 12.0. The molecule has 0 aromatic heterocycles. The maximum absolute atomic E-state index is 12.0. The first-order valence-electron chi connectivity index (χ1n) is 8.35. The molecule has 0 saturated heterocycles. The largest absolute Gasteiger partial charge is 0.464 e. The molecule has 146 valence electrons. The van der Waals surface area contributed by atoms with Gasteiger partial charge in [-0.3, -0.25) is 9.59 Å². The Morgan fingerprint density at radius 3 is 1.31 bits per heavy atom. The van der Waals surface area contributed by atoms with E-state index in [4.69, 9.17) is 9.47 Å². The van der Waals surface area contributed by atoms with Crippen LogP contribution < -0.4 is 10.6 Å². The smallest absolute Gasteiger partial charge is 0.328 e. The van der Waals surface area contributed by atoms with E-state index in [9.17, 15) is 19.2 Å². The van der Waals surface area contributed by atoms with Crippen LogP contribution in [0.15, 0.2) is 24.3 Å². The summed E-state index contributed by atoms with van der Waals surface area (Å²) in [6.07, 6.45) is 0.153. The lowest BCUT2D eigenvalue weighted by molar-refractivity contribution is -0.147. The maximum Gasteiger partial charge on any atom is 0.328 e. The molecule has 0 bridgehead atoms. The molecule has 0 heterocycles. The van der Waals surface area contributed by atoms with Crippen molar-refractivity contribution in [3.63, 3.8) is 0 Å². The van der Waals surface area contributed by atoms with Crippen molar-refractivity contribution in [1.82, 2.24) is 10.6 Å². The summed E-state index contributed by atoms with van der Waals surface area (Å²) in [5.41, 5.74) is 0.910. The highest BCUT2D eigenvalue weighted by atomic mass is 16.5. The molecule has 0 aromatic carbocycles. The van der Waals surface area contributed by atoms with Crippen LogP contribution in [0.2, 0.25) is 0 Å². The van der Waals surface area contributed by atoms with Gasteiger partial charge < -0.3 is 20.1 Å². The van der Waals surface area contributed by atoms with Crippen molar-refractivity contribution in [1.29, 1.82) is 0 Å². The quantitative estimate of drug-likeness (QED) is 0.416. The summed E-state index contributed by atoms with van der Waals surface area (Å²) >= 11 is 0. The van der Waals surface area contributed by atoms with Gasteiger partial charge in [0.05, 0.1) is 13.2 Å². The Labute approximate surface area is 154 Å². The van der Waals surface area contributed by atoms with Crippen LogP contribution in [0.5, 0.6) is 0 Å². The highest BCUT2D eigenvalue weighted by Crippen LogP contribution is 2.19. The van der Waals surface area contributed by atoms with Gasteiger partial charge in [0, 0.05) is 26.7 Å². The van der Waals surface area contributed by atoms with Crippen molar-refractivity contribution < 1.29 is 28.7 Å². The fourth-order valence-electron chi connectivity index (χ4n) is 2.14. The van der Waals surface area contributed by atoms with Gasteiger partial charge in [0.25, 0.3) is 0 Å². The summed E-state index contributed by atoms with van der Waals surface area (Å²) in [7, 11) is 0. The molecule has 0 spiro atoms. The average molecular weight is 368 g/mol. The van der Waals surface area contributed by atoms with E-state index in [-0.39, 0.29) is 37.9 Å². The molecule has 8 heteroatoms. The zero-order chi connectivity index (χ0) is 20.3. The summed E-state index contributed by atoms with van der Waals surface area (Å²) in [5, 5.41) is 5.00. The molecule has 0 aromatic rings. The molecule has 2 atom stereocenters. The minimum Gasteiger partial charge on any atom is -0.464 e. The third kappa shape index (κ3) is 9.00. The summed E-state index contributed by atoms with van der Waals surface area (Å²) in [5.74, 6) is -1.94. The molecule has 0 aliphatic carbocycles. The van der Waals surface area contributed by atoms with Crippen LogP contribution in [0.1, 0.15) is 40.5 Å². The van der Waals surface area contributed by atoms with Crippen LogP contribution in [0.25, 0.3) is 0 Å². The average Bonchev–Trinajstić information content (AvgIpc) is 2.52. The highest BCUT2D eigenvalue weighted by Gasteiger charge is 2.26. The first kappa shape index (κ1) is 23.4. The van der Waals surface area contributed by atoms with Crippen LogP contribution >= 0.6 is 0 Å². The Bertz CT molecular complexity index is 520. The molecule has 0 radical (unpaired) electrons. The fourth-order valence-corrected chi connectivity index (χ4v) is 2.14. The molecule has 8 nitrogen and oxygen atoms in total. The predicted molar refractivity (Wildman–Crippen MR) is 96.0 cm³/mol. The first-order valence-corrected chi connectivity index (χ1v) is 8.35. The molecule has 0 unspecified atom stereocenters. The Hall–Kier alpha value is -2.64. The highest BCUT2D eigenvalue weighted by molar-refractivity contribution is 5.84. The van der Waals surface area contributed by atoms with Gasteiger partial charge in [-0.15, -0.1) is 0 Å². The van der Waals surface area contributed by atoms with Gasteiger partial charge in [-0.1, -0.05) is 13.2 Å². The molecule has 2 amide bonds. The van der Waals surface area contributed by atoms with E-state index in [1.807, 2.05) is 0 Å². The van der Waals surface area contributed by atoms with Crippen molar-refractivity contribution in [2.45, 2.75) is 52.6 Å².